The largest absolute Gasteiger partial charge is 0.460 e. The van der Waals surface area contributed by atoms with Gasteiger partial charge in [-0.3, -0.25) is 4.79 Å². The number of hydrogen-bond donors (Lipinski definition) is 2. The summed E-state index contributed by atoms with van der Waals surface area (Å²) in [5.41, 5.74) is 4.95. The molecule has 0 radical (unpaired) electrons. The summed E-state index contributed by atoms with van der Waals surface area (Å²) < 4.78 is 5.32. The van der Waals surface area contributed by atoms with E-state index in [0.29, 0.717) is 18.8 Å². The molecular weight excluding hydrogens is 230 g/mol. The van der Waals surface area contributed by atoms with E-state index in [1.807, 2.05) is 20.8 Å². The summed E-state index contributed by atoms with van der Waals surface area (Å²) in [6.45, 7) is 11.3. The molecule has 0 bridgehead atoms. The SMILES string of the molecule is CC(C)C[C@](N)(CO)C[C@@H](C)C(=O)OC(C)(C)C. The predicted molar refractivity (Wildman–Crippen MR) is 73.1 cm³/mol. The molecule has 0 aliphatic carbocycles. The van der Waals surface area contributed by atoms with E-state index in [1.54, 1.807) is 6.92 Å². The first kappa shape index (κ1) is 17.4. The van der Waals surface area contributed by atoms with Crippen LogP contribution >= 0.6 is 0 Å². The van der Waals surface area contributed by atoms with E-state index >= 15 is 0 Å². The van der Waals surface area contributed by atoms with Gasteiger partial charge >= 0.3 is 5.97 Å². The minimum absolute atomic E-state index is 0.113. The fourth-order valence-corrected chi connectivity index (χ4v) is 2.12. The molecule has 0 aromatic carbocycles. The molecule has 4 heteroatoms. The average molecular weight is 259 g/mol. The topological polar surface area (TPSA) is 72.5 Å². The van der Waals surface area contributed by atoms with E-state index in [9.17, 15) is 9.90 Å². The van der Waals surface area contributed by atoms with E-state index in [-0.39, 0.29) is 18.5 Å². The first-order chi connectivity index (χ1) is 7.99. The quantitative estimate of drug-likeness (QED) is 0.716. The van der Waals surface area contributed by atoms with E-state index in [0.717, 1.165) is 0 Å². The summed E-state index contributed by atoms with van der Waals surface area (Å²) >= 11 is 0. The Morgan fingerprint density at radius 3 is 2.06 bits per heavy atom. The Hall–Kier alpha value is -0.610. The minimum Gasteiger partial charge on any atom is -0.460 e. The molecule has 108 valence electrons. The van der Waals surface area contributed by atoms with Crippen LogP contribution in [0.3, 0.4) is 0 Å². The van der Waals surface area contributed by atoms with Crippen LogP contribution in [0.25, 0.3) is 0 Å². The lowest BCUT2D eigenvalue weighted by Gasteiger charge is -2.32. The smallest absolute Gasteiger partial charge is 0.309 e. The Morgan fingerprint density at radius 2 is 1.72 bits per heavy atom. The zero-order valence-corrected chi connectivity index (χ0v) is 12.6. The predicted octanol–water partition coefficient (Wildman–Crippen LogP) is 2.09. The molecule has 0 aromatic rings. The molecule has 2 atom stereocenters. The van der Waals surface area contributed by atoms with Gasteiger partial charge in [-0.1, -0.05) is 20.8 Å². The number of hydrogen-bond acceptors (Lipinski definition) is 4. The fourth-order valence-electron chi connectivity index (χ4n) is 2.12. The van der Waals surface area contributed by atoms with Gasteiger partial charge in [-0.2, -0.15) is 0 Å². The maximum Gasteiger partial charge on any atom is 0.309 e. The van der Waals surface area contributed by atoms with Crippen molar-refractivity contribution in [3.05, 3.63) is 0 Å². The van der Waals surface area contributed by atoms with Crippen molar-refractivity contribution in [2.75, 3.05) is 6.61 Å². The highest BCUT2D eigenvalue weighted by atomic mass is 16.6. The lowest BCUT2D eigenvalue weighted by molar-refractivity contribution is -0.160. The van der Waals surface area contributed by atoms with Crippen LogP contribution in [0, 0.1) is 11.8 Å². The monoisotopic (exact) mass is 259 g/mol. The van der Waals surface area contributed by atoms with Crippen LogP contribution in [0.4, 0.5) is 0 Å². The molecule has 0 aliphatic rings. The van der Waals surface area contributed by atoms with Gasteiger partial charge in [-0.15, -0.1) is 0 Å². The molecule has 4 nitrogen and oxygen atoms in total. The van der Waals surface area contributed by atoms with Crippen molar-refractivity contribution in [1.29, 1.82) is 0 Å². The highest BCUT2D eigenvalue weighted by molar-refractivity contribution is 5.72. The van der Waals surface area contributed by atoms with Gasteiger partial charge in [0.15, 0.2) is 0 Å². The second kappa shape index (κ2) is 6.53. The normalized spacial score (nSPS) is 17.4. The van der Waals surface area contributed by atoms with Crippen molar-refractivity contribution in [3.63, 3.8) is 0 Å². The number of ether oxygens (including phenoxy) is 1. The summed E-state index contributed by atoms with van der Waals surface area (Å²) in [6.07, 6.45) is 1.13. The molecule has 0 fully saturated rings. The fraction of sp³-hybridized carbons (Fsp3) is 0.929. The van der Waals surface area contributed by atoms with Crippen molar-refractivity contribution < 1.29 is 14.6 Å². The van der Waals surface area contributed by atoms with E-state index < -0.39 is 11.1 Å². The number of carbonyl (C=O) groups excluding carboxylic acids is 1. The first-order valence-electron chi connectivity index (χ1n) is 6.62. The van der Waals surface area contributed by atoms with Crippen LogP contribution in [0.15, 0.2) is 0 Å². The Morgan fingerprint density at radius 1 is 1.22 bits per heavy atom. The third-order valence-electron chi connectivity index (χ3n) is 2.65. The number of rotatable bonds is 6. The number of carbonyl (C=O) groups is 1. The van der Waals surface area contributed by atoms with Gasteiger partial charge in [0, 0.05) is 5.54 Å². The molecule has 3 N–H and O–H groups in total. The highest BCUT2D eigenvalue weighted by Crippen LogP contribution is 2.24. The number of aliphatic hydroxyl groups is 1. The highest BCUT2D eigenvalue weighted by Gasteiger charge is 2.32. The van der Waals surface area contributed by atoms with Crippen molar-refractivity contribution in [2.45, 2.75) is 65.5 Å². The van der Waals surface area contributed by atoms with Crippen molar-refractivity contribution in [2.24, 2.45) is 17.6 Å². The molecule has 0 amide bonds. The maximum absolute atomic E-state index is 11.9. The molecule has 0 heterocycles. The van der Waals surface area contributed by atoms with Crippen molar-refractivity contribution >= 4 is 5.97 Å². The van der Waals surface area contributed by atoms with Crippen LogP contribution in [0.5, 0.6) is 0 Å². The van der Waals surface area contributed by atoms with Crippen LogP contribution in [0.2, 0.25) is 0 Å². The third kappa shape index (κ3) is 6.97. The van der Waals surface area contributed by atoms with Gasteiger partial charge in [0.1, 0.15) is 5.60 Å². The molecule has 0 saturated heterocycles. The van der Waals surface area contributed by atoms with Crippen LogP contribution in [-0.4, -0.2) is 28.8 Å². The summed E-state index contributed by atoms with van der Waals surface area (Å²) in [5, 5.41) is 9.42. The summed E-state index contributed by atoms with van der Waals surface area (Å²) in [4.78, 5) is 11.9. The van der Waals surface area contributed by atoms with Gasteiger partial charge in [-0.05, 0) is 39.5 Å². The number of nitrogens with two attached hydrogens (primary N) is 1. The van der Waals surface area contributed by atoms with E-state index in [4.69, 9.17) is 10.5 Å². The Kier molecular flexibility index (Phi) is 6.30. The maximum atomic E-state index is 11.9. The molecule has 0 aliphatic heterocycles. The standard InChI is InChI=1S/C14H29NO3/c1-10(2)7-14(15,9-16)8-11(3)12(17)18-13(4,5)6/h10-11,16H,7-9,15H2,1-6H3/t11-,14-/m1/s1. The summed E-state index contributed by atoms with van der Waals surface area (Å²) in [6, 6.07) is 0. The molecule has 0 unspecified atom stereocenters. The lowest BCUT2D eigenvalue weighted by atomic mass is 9.83. The zero-order chi connectivity index (χ0) is 14.6. The Labute approximate surface area is 111 Å². The van der Waals surface area contributed by atoms with Crippen LogP contribution < -0.4 is 5.73 Å². The minimum atomic E-state index is -0.704. The molecule has 0 rings (SSSR count). The van der Waals surface area contributed by atoms with Crippen LogP contribution in [-0.2, 0) is 9.53 Å². The van der Waals surface area contributed by atoms with Gasteiger partial charge < -0.3 is 15.6 Å². The molecule has 0 aromatic heterocycles. The van der Waals surface area contributed by atoms with E-state index in [1.165, 1.54) is 0 Å². The second-order valence-electron chi connectivity index (χ2n) is 6.76. The average Bonchev–Trinajstić information content (AvgIpc) is 2.13. The third-order valence-corrected chi connectivity index (χ3v) is 2.65. The molecule has 0 spiro atoms. The van der Waals surface area contributed by atoms with Gasteiger partial charge in [0.05, 0.1) is 12.5 Å². The second-order valence-corrected chi connectivity index (χ2v) is 6.76. The zero-order valence-electron chi connectivity index (χ0n) is 12.6. The Bertz CT molecular complexity index is 271. The van der Waals surface area contributed by atoms with Crippen molar-refractivity contribution in [3.8, 4) is 0 Å². The molecule has 0 saturated carbocycles. The van der Waals surface area contributed by atoms with Gasteiger partial charge in [0.25, 0.3) is 0 Å². The lowest BCUT2D eigenvalue weighted by Crippen LogP contribution is -2.47. The molecule has 18 heavy (non-hydrogen) atoms. The molecular formula is C14H29NO3. The number of esters is 1. The summed E-state index contributed by atoms with van der Waals surface area (Å²) in [5.74, 6) is -0.178. The van der Waals surface area contributed by atoms with Crippen molar-refractivity contribution in [1.82, 2.24) is 0 Å². The summed E-state index contributed by atoms with van der Waals surface area (Å²) in [7, 11) is 0. The van der Waals surface area contributed by atoms with E-state index in [2.05, 4.69) is 13.8 Å². The first-order valence-corrected chi connectivity index (χ1v) is 6.62. The number of aliphatic hydroxyl groups excluding tert-OH is 1. The van der Waals surface area contributed by atoms with Gasteiger partial charge in [0.2, 0.25) is 0 Å². The Balaban J connectivity index is 4.52. The van der Waals surface area contributed by atoms with Crippen LogP contribution in [0.1, 0.15) is 54.4 Å². The van der Waals surface area contributed by atoms with Gasteiger partial charge in [-0.25, -0.2) is 0 Å².